The lowest BCUT2D eigenvalue weighted by Crippen LogP contribution is -2.50. The van der Waals surface area contributed by atoms with E-state index < -0.39 is 0 Å². The third kappa shape index (κ3) is 4.49. The molecule has 3 fully saturated rings. The second-order valence-corrected chi connectivity index (χ2v) is 8.35. The van der Waals surface area contributed by atoms with Crippen LogP contribution in [0.2, 0.25) is 0 Å². The van der Waals surface area contributed by atoms with Crippen molar-refractivity contribution < 1.29 is 14.0 Å². The Labute approximate surface area is 159 Å². The predicted molar refractivity (Wildman–Crippen MR) is 102 cm³/mol. The number of carbonyl (C=O) groups is 2. The summed E-state index contributed by atoms with van der Waals surface area (Å²) in [5.74, 6) is 2.14. The van der Waals surface area contributed by atoms with Gasteiger partial charge >= 0.3 is 0 Å². The molecule has 0 aromatic heterocycles. The summed E-state index contributed by atoms with van der Waals surface area (Å²) in [6.45, 7) is 3.14. The number of amides is 2. The van der Waals surface area contributed by atoms with Crippen LogP contribution in [0.4, 0.5) is 10.1 Å². The van der Waals surface area contributed by atoms with Crippen molar-refractivity contribution in [3.8, 4) is 0 Å². The van der Waals surface area contributed by atoms with Crippen molar-refractivity contribution >= 4 is 17.5 Å². The number of halogens is 1. The molecule has 1 aromatic carbocycles. The molecule has 1 saturated heterocycles. The van der Waals surface area contributed by atoms with Crippen LogP contribution in [0.25, 0.3) is 0 Å². The summed E-state index contributed by atoms with van der Waals surface area (Å²) in [6.07, 6.45) is 5.99. The number of hydrogen-bond acceptors (Lipinski definition) is 3. The molecule has 3 atom stereocenters. The molecule has 0 spiro atoms. The molecule has 3 aliphatic rings. The highest BCUT2D eigenvalue weighted by atomic mass is 19.1. The number of nitrogens with zero attached hydrogens (tertiary/aromatic N) is 2. The maximum Gasteiger partial charge on any atom is 0.238 e. The van der Waals surface area contributed by atoms with Crippen molar-refractivity contribution in [3.05, 3.63) is 30.1 Å². The van der Waals surface area contributed by atoms with Gasteiger partial charge in [-0.1, -0.05) is 6.42 Å². The van der Waals surface area contributed by atoms with E-state index in [1.807, 2.05) is 4.90 Å². The summed E-state index contributed by atoms with van der Waals surface area (Å²) < 4.78 is 12.9. The number of rotatable bonds is 5. The molecule has 2 bridgehead atoms. The van der Waals surface area contributed by atoms with Gasteiger partial charge in [-0.2, -0.15) is 0 Å². The van der Waals surface area contributed by atoms with Gasteiger partial charge in [-0.15, -0.1) is 0 Å². The van der Waals surface area contributed by atoms with E-state index in [9.17, 15) is 14.0 Å². The summed E-state index contributed by atoms with van der Waals surface area (Å²) in [6, 6.07) is 5.77. The number of anilines is 1. The zero-order chi connectivity index (χ0) is 18.8. The van der Waals surface area contributed by atoms with Gasteiger partial charge in [0.15, 0.2) is 0 Å². The highest BCUT2D eigenvalue weighted by Gasteiger charge is 2.40. The lowest BCUT2D eigenvalue weighted by Gasteiger charge is -2.35. The number of carbonyl (C=O) groups excluding carboxylic acids is 2. The van der Waals surface area contributed by atoms with E-state index in [1.54, 1.807) is 12.1 Å². The number of benzene rings is 1. The van der Waals surface area contributed by atoms with Crippen molar-refractivity contribution in [2.24, 2.45) is 17.8 Å². The molecule has 27 heavy (non-hydrogen) atoms. The fourth-order valence-electron chi connectivity index (χ4n) is 5.07. The molecule has 2 amide bonds. The summed E-state index contributed by atoms with van der Waals surface area (Å²) in [5.41, 5.74) is 0.598. The Morgan fingerprint density at radius 1 is 1.04 bits per heavy atom. The zero-order valence-corrected chi connectivity index (χ0v) is 15.7. The molecule has 2 aliphatic carbocycles. The van der Waals surface area contributed by atoms with E-state index in [0.717, 1.165) is 24.9 Å². The van der Waals surface area contributed by atoms with Gasteiger partial charge in [0.25, 0.3) is 0 Å². The fraction of sp³-hybridized carbons (Fsp3) is 0.619. The van der Waals surface area contributed by atoms with Crippen molar-refractivity contribution in [2.75, 3.05) is 38.0 Å². The third-order valence-electron chi connectivity index (χ3n) is 6.54. The van der Waals surface area contributed by atoms with Crippen LogP contribution >= 0.6 is 0 Å². The van der Waals surface area contributed by atoms with Crippen LogP contribution in [0.15, 0.2) is 24.3 Å². The van der Waals surface area contributed by atoms with Crippen molar-refractivity contribution in [3.63, 3.8) is 0 Å². The van der Waals surface area contributed by atoms with Gasteiger partial charge in [-0.25, -0.2) is 4.39 Å². The maximum atomic E-state index is 12.9. The zero-order valence-electron chi connectivity index (χ0n) is 15.7. The van der Waals surface area contributed by atoms with Crippen LogP contribution in [0.5, 0.6) is 0 Å². The van der Waals surface area contributed by atoms with E-state index in [2.05, 4.69) is 10.2 Å². The molecular weight excluding hydrogens is 345 g/mol. The van der Waals surface area contributed by atoms with E-state index in [-0.39, 0.29) is 11.7 Å². The summed E-state index contributed by atoms with van der Waals surface area (Å²) in [7, 11) is 0. The molecule has 6 heteroatoms. The number of nitrogens with one attached hydrogen (secondary N) is 1. The highest BCUT2D eigenvalue weighted by Crippen LogP contribution is 2.49. The van der Waals surface area contributed by atoms with Crippen LogP contribution in [0.3, 0.4) is 0 Å². The maximum absolute atomic E-state index is 12.9. The van der Waals surface area contributed by atoms with E-state index >= 15 is 0 Å². The van der Waals surface area contributed by atoms with Gasteiger partial charge in [-0.3, -0.25) is 14.5 Å². The van der Waals surface area contributed by atoms with E-state index in [1.165, 1.54) is 37.8 Å². The Balaban J connectivity index is 1.19. The molecular formula is C21H28FN3O2. The topological polar surface area (TPSA) is 52.7 Å². The van der Waals surface area contributed by atoms with Gasteiger partial charge in [0, 0.05) is 38.3 Å². The number of piperazine rings is 1. The normalized spacial score (nSPS) is 27.7. The van der Waals surface area contributed by atoms with Crippen LogP contribution in [-0.2, 0) is 9.59 Å². The second-order valence-electron chi connectivity index (χ2n) is 8.35. The first kappa shape index (κ1) is 18.4. The van der Waals surface area contributed by atoms with Crippen molar-refractivity contribution in [2.45, 2.75) is 32.1 Å². The molecule has 1 aromatic rings. The van der Waals surface area contributed by atoms with Crippen LogP contribution in [0.1, 0.15) is 32.1 Å². The Morgan fingerprint density at radius 2 is 1.78 bits per heavy atom. The monoisotopic (exact) mass is 373 g/mol. The summed E-state index contributed by atoms with van der Waals surface area (Å²) in [4.78, 5) is 28.8. The van der Waals surface area contributed by atoms with Gasteiger partial charge in [-0.05, 0) is 61.3 Å². The van der Waals surface area contributed by atoms with E-state index in [4.69, 9.17) is 0 Å². The van der Waals surface area contributed by atoms with Crippen LogP contribution in [-0.4, -0.2) is 54.3 Å². The smallest absolute Gasteiger partial charge is 0.238 e. The van der Waals surface area contributed by atoms with Gasteiger partial charge in [0.1, 0.15) is 5.82 Å². The highest BCUT2D eigenvalue weighted by molar-refractivity contribution is 5.92. The summed E-state index contributed by atoms with van der Waals surface area (Å²) in [5, 5.41) is 2.79. The molecule has 0 radical (unpaired) electrons. The Bertz CT molecular complexity index is 685. The third-order valence-corrected chi connectivity index (χ3v) is 6.54. The van der Waals surface area contributed by atoms with Crippen LogP contribution < -0.4 is 5.32 Å². The van der Waals surface area contributed by atoms with Gasteiger partial charge < -0.3 is 10.2 Å². The molecule has 4 rings (SSSR count). The Kier molecular flexibility index (Phi) is 5.43. The lowest BCUT2D eigenvalue weighted by atomic mass is 9.86. The average molecular weight is 373 g/mol. The van der Waals surface area contributed by atoms with Crippen molar-refractivity contribution in [1.82, 2.24) is 9.80 Å². The van der Waals surface area contributed by atoms with E-state index in [0.29, 0.717) is 43.6 Å². The van der Waals surface area contributed by atoms with Gasteiger partial charge in [0.2, 0.25) is 11.8 Å². The molecule has 1 N–H and O–H groups in total. The molecule has 146 valence electrons. The molecule has 1 heterocycles. The molecule has 5 nitrogen and oxygen atoms in total. The van der Waals surface area contributed by atoms with Crippen molar-refractivity contribution in [1.29, 1.82) is 0 Å². The second kappa shape index (κ2) is 7.97. The van der Waals surface area contributed by atoms with Gasteiger partial charge in [0.05, 0.1) is 6.54 Å². The standard InChI is InChI=1S/C21H28FN3O2/c22-18-3-5-19(6-4-18)23-20(26)14-24-7-9-25(10-8-24)21(27)13-17-12-15-1-2-16(17)11-15/h3-6,15-17H,1-2,7-14H2,(H,23,26)/t15-,16+,17-/m0/s1. The summed E-state index contributed by atoms with van der Waals surface area (Å²) >= 11 is 0. The SMILES string of the molecule is O=C(CN1CCN(C(=O)C[C@@H]2C[C@H]3CC[C@@H]2C3)CC1)Nc1ccc(F)cc1. The minimum Gasteiger partial charge on any atom is -0.340 e. The quantitative estimate of drug-likeness (QED) is 0.863. The Morgan fingerprint density at radius 3 is 2.41 bits per heavy atom. The molecule has 2 saturated carbocycles. The fourth-order valence-corrected chi connectivity index (χ4v) is 5.07. The lowest BCUT2D eigenvalue weighted by molar-refractivity contribution is -0.134. The molecule has 1 aliphatic heterocycles. The largest absolute Gasteiger partial charge is 0.340 e. The Hall–Kier alpha value is -1.95. The first-order valence-corrected chi connectivity index (χ1v) is 10.1. The number of hydrogen-bond donors (Lipinski definition) is 1. The molecule has 0 unspecified atom stereocenters. The first-order chi connectivity index (χ1) is 13.1. The minimum atomic E-state index is -0.320. The van der Waals surface area contributed by atoms with Crippen LogP contribution in [0, 0.1) is 23.6 Å². The average Bonchev–Trinajstić information content (AvgIpc) is 3.27. The predicted octanol–water partition coefficient (Wildman–Crippen LogP) is 2.73. The minimum absolute atomic E-state index is 0.108. The number of fused-ring (bicyclic) bond motifs is 2. The first-order valence-electron chi connectivity index (χ1n) is 10.1.